The van der Waals surface area contributed by atoms with Crippen LogP contribution in [0.15, 0.2) is 67.0 Å². The number of ether oxygens (including phenoxy) is 1. The Morgan fingerprint density at radius 2 is 1.88 bits per heavy atom. The summed E-state index contributed by atoms with van der Waals surface area (Å²) < 4.78 is 8.08. The maximum Gasteiger partial charge on any atom is 0.158 e. The number of rotatable bonds is 3. The SMILES string of the molecule is Cc1ccc(N2CCO[C@H]2c2ccn(-c3cccc(Cl)c3)c2)cc1. The molecular weight excluding hydrogens is 320 g/mol. The van der Waals surface area contributed by atoms with Gasteiger partial charge in [0.2, 0.25) is 0 Å². The van der Waals surface area contributed by atoms with Gasteiger partial charge in [-0.3, -0.25) is 0 Å². The average molecular weight is 339 g/mol. The predicted octanol–water partition coefficient (Wildman–Crippen LogP) is 4.97. The summed E-state index contributed by atoms with van der Waals surface area (Å²) in [5, 5.41) is 0.737. The van der Waals surface area contributed by atoms with Crippen LogP contribution in [0.3, 0.4) is 0 Å². The van der Waals surface area contributed by atoms with Crippen molar-refractivity contribution in [2.24, 2.45) is 0 Å². The average Bonchev–Trinajstić information content (AvgIpc) is 3.24. The Labute approximate surface area is 147 Å². The number of nitrogens with zero attached hydrogens (tertiary/aromatic N) is 2. The first-order valence-electron chi connectivity index (χ1n) is 8.09. The Kier molecular flexibility index (Phi) is 4.05. The molecule has 4 heteroatoms. The van der Waals surface area contributed by atoms with Gasteiger partial charge in [-0.15, -0.1) is 0 Å². The molecule has 0 saturated carbocycles. The van der Waals surface area contributed by atoms with Crippen molar-refractivity contribution in [1.82, 2.24) is 4.57 Å². The number of hydrogen-bond acceptors (Lipinski definition) is 2. The van der Waals surface area contributed by atoms with Crippen molar-refractivity contribution in [2.45, 2.75) is 13.2 Å². The molecule has 0 unspecified atom stereocenters. The zero-order valence-corrected chi connectivity index (χ0v) is 14.3. The van der Waals surface area contributed by atoms with E-state index < -0.39 is 0 Å². The second kappa shape index (κ2) is 6.34. The van der Waals surface area contributed by atoms with Gasteiger partial charge in [0, 0.05) is 40.9 Å². The van der Waals surface area contributed by atoms with E-state index in [-0.39, 0.29) is 6.23 Å². The fourth-order valence-electron chi connectivity index (χ4n) is 3.10. The van der Waals surface area contributed by atoms with Gasteiger partial charge < -0.3 is 14.2 Å². The molecule has 0 radical (unpaired) electrons. The number of aryl methyl sites for hydroxylation is 1. The molecule has 2 heterocycles. The molecule has 1 saturated heterocycles. The minimum Gasteiger partial charge on any atom is -0.352 e. The molecule has 0 bridgehead atoms. The molecule has 3 nitrogen and oxygen atoms in total. The van der Waals surface area contributed by atoms with Crippen molar-refractivity contribution in [1.29, 1.82) is 0 Å². The summed E-state index contributed by atoms with van der Waals surface area (Å²) in [6.45, 7) is 3.74. The standard InChI is InChI=1S/C20H19ClN2O/c1-15-5-7-18(8-6-15)23-11-12-24-20(23)16-9-10-22(14-16)19-4-2-3-17(21)13-19/h2-10,13-14,20H,11-12H2,1H3/t20-/m0/s1. The van der Waals surface area contributed by atoms with Crippen LogP contribution in [0.1, 0.15) is 17.4 Å². The van der Waals surface area contributed by atoms with Crippen LogP contribution in [0.5, 0.6) is 0 Å². The predicted molar refractivity (Wildman–Crippen MR) is 98.0 cm³/mol. The summed E-state index contributed by atoms with van der Waals surface area (Å²) in [6.07, 6.45) is 4.12. The number of halogens is 1. The Morgan fingerprint density at radius 3 is 2.67 bits per heavy atom. The van der Waals surface area contributed by atoms with Gasteiger partial charge in [0.1, 0.15) is 0 Å². The highest BCUT2D eigenvalue weighted by Crippen LogP contribution is 2.33. The normalized spacial score (nSPS) is 17.4. The summed E-state index contributed by atoms with van der Waals surface area (Å²) in [6, 6.07) is 18.6. The highest BCUT2D eigenvalue weighted by atomic mass is 35.5. The minimum absolute atomic E-state index is 0.0480. The van der Waals surface area contributed by atoms with Crippen molar-refractivity contribution < 1.29 is 4.74 Å². The lowest BCUT2D eigenvalue weighted by atomic mass is 10.2. The van der Waals surface area contributed by atoms with Crippen LogP contribution in [0.25, 0.3) is 5.69 Å². The highest BCUT2D eigenvalue weighted by molar-refractivity contribution is 6.30. The van der Waals surface area contributed by atoms with Gasteiger partial charge in [0.05, 0.1) is 6.61 Å². The Hall–Kier alpha value is -2.23. The lowest BCUT2D eigenvalue weighted by Gasteiger charge is -2.24. The molecule has 0 spiro atoms. The van der Waals surface area contributed by atoms with Crippen molar-refractivity contribution in [3.8, 4) is 5.69 Å². The number of anilines is 1. The van der Waals surface area contributed by atoms with Crippen LogP contribution in [0.2, 0.25) is 5.02 Å². The van der Waals surface area contributed by atoms with E-state index >= 15 is 0 Å². The monoisotopic (exact) mass is 338 g/mol. The Morgan fingerprint density at radius 1 is 1.04 bits per heavy atom. The number of benzene rings is 2. The van der Waals surface area contributed by atoms with Crippen LogP contribution < -0.4 is 4.90 Å². The first-order valence-corrected chi connectivity index (χ1v) is 8.47. The molecule has 0 aliphatic carbocycles. The fraction of sp³-hybridized carbons (Fsp3) is 0.200. The van der Waals surface area contributed by atoms with Gasteiger partial charge in [0.15, 0.2) is 6.23 Å². The number of hydrogen-bond donors (Lipinski definition) is 0. The van der Waals surface area contributed by atoms with Crippen LogP contribution in [-0.4, -0.2) is 17.7 Å². The molecule has 1 aromatic heterocycles. The molecule has 2 aromatic carbocycles. The van der Waals surface area contributed by atoms with Gasteiger partial charge in [0.25, 0.3) is 0 Å². The summed E-state index contributed by atoms with van der Waals surface area (Å²) >= 11 is 6.10. The summed E-state index contributed by atoms with van der Waals surface area (Å²) in [4.78, 5) is 2.30. The van der Waals surface area contributed by atoms with E-state index in [0.29, 0.717) is 0 Å². The molecule has 1 aliphatic heterocycles. The van der Waals surface area contributed by atoms with Gasteiger partial charge in [-0.2, -0.15) is 0 Å². The zero-order valence-electron chi connectivity index (χ0n) is 13.5. The highest BCUT2D eigenvalue weighted by Gasteiger charge is 2.27. The molecule has 4 rings (SSSR count). The van der Waals surface area contributed by atoms with E-state index in [1.807, 2.05) is 24.3 Å². The molecule has 1 aliphatic rings. The van der Waals surface area contributed by atoms with Gasteiger partial charge >= 0.3 is 0 Å². The largest absolute Gasteiger partial charge is 0.352 e. The van der Waals surface area contributed by atoms with Gasteiger partial charge in [-0.05, 0) is 43.3 Å². The van der Waals surface area contributed by atoms with E-state index in [0.717, 1.165) is 29.4 Å². The Bertz CT molecular complexity index is 841. The van der Waals surface area contributed by atoms with Crippen molar-refractivity contribution in [2.75, 3.05) is 18.1 Å². The topological polar surface area (TPSA) is 17.4 Å². The van der Waals surface area contributed by atoms with Crippen molar-refractivity contribution in [3.63, 3.8) is 0 Å². The van der Waals surface area contributed by atoms with Crippen molar-refractivity contribution in [3.05, 3.63) is 83.1 Å². The lowest BCUT2D eigenvalue weighted by Crippen LogP contribution is -2.22. The Balaban J connectivity index is 1.62. The fourth-order valence-corrected chi connectivity index (χ4v) is 3.29. The molecular formula is C20H19ClN2O. The third kappa shape index (κ3) is 2.93. The second-order valence-corrected chi connectivity index (χ2v) is 6.52. The van der Waals surface area contributed by atoms with E-state index in [1.54, 1.807) is 0 Å². The number of aromatic nitrogens is 1. The maximum absolute atomic E-state index is 6.10. The molecule has 122 valence electrons. The van der Waals surface area contributed by atoms with Crippen LogP contribution in [-0.2, 0) is 4.74 Å². The molecule has 0 N–H and O–H groups in total. The van der Waals surface area contributed by atoms with Gasteiger partial charge in [-0.25, -0.2) is 0 Å². The van der Waals surface area contributed by atoms with Gasteiger partial charge in [-0.1, -0.05) is 35.4 Å². The van der Waals surface area contributed by atoms with E-state index in [1.165, 1.54) is 11.3 Å². The second-order valence-electron chi connectivity index (χ2n) is 6.08. The molecule has 3 aromatic rings. The third-order valence-corrected chi connectivity index (χ3v) is 4.60. The van der Waals surface area contributed by atoms with E-state index in [4.69, 9.17) is 16.3 Å². The maximum atomic E-state index is 6.10. The first kappa shape index (κ1) is 15.3. The first-order chi connectivity index (χ1) is 11.7. The molecule has 0 amide bonds. The third-order valence-electron chi connectivity index (χ3n) is 4.36. The van der Waals surface area contributed by atoms with Crippen LogP contribution >= 0.6 is 11.6 Å². The van der Waals surface area contributed by atoms with Crippen molar-refractivity contribution >= 4 is 17.3 Å². The molecule has 1 fully saturated rings. The zero-order chi connectivity index (χ0) is 16.5. The smallest absolute Gasteiger partial charge is 0.158 e. The quantitative estimate of drug-likeness (QED) is 0.670. The summed E-state index contributed by atoms with van der Waals surface area (Å²) in [7, 11) is 0. The van der Waals surface area contributed by atoms with Crippen LogP contribution in [0.4, 0.5) is 5.69 Å². The molecule has 24 heavy (non-hydrogen) atoms. The van der Waals surface area contributed by atoms with Crippen LogP contribution in [0, 0.1) is 6.92 Å². The van der Waals surface area contributed by atoms with E-state index in [2.05, 4.69) is 59.1 Å². The van der Waals surface area contributed by atoms with E-state index in [9.17, 15) is 0 Å². The minimum atomic E-state index is -0.0480. The summed E-state index contributed by atoms with van der Waals surface area (Å²) in [5.41, 5.74) is 4.66. The lowest BCUT2D eigenvalue weighted by molar-refractivity contribution is 0.114. The molecule has 1 atom stereocenters. The summed E-state index contributed by atoms with van der Waals surface area (Å²) in [5.74, 6) is 0.